The fourth-order valence-electron chi connectivity index (χ4n) is 1.73. The number of carbonyl (C=O) groups is 1. The Labute approximate surface area is 115 Å². The van der Waals surface area contributed by atoms with E-state index in [4.69, 9.17) is 10.5 Å². The van der Waals surface area contributed by atoms with Crippen LogP contribution in [0.15, 0.2) is 24.3 Å². The maximum Gasteiger partial charge on any atom is 0.416 e. The fraction of sp³-hybridized carbons (Fsp3) is 0.462. The van der Waals surface area contributed by atoms with Crippen molar-refractivity contribution in [1.29, 1.82) is 0 Å². The lowest BCUT2D eigenvalue weighted by molar-refractivity contribution is -0.137. The summed E-state index contributed by atoms with van der Waals surface area (Å²) in [5.74, 6) is -0.385. The zero-order valence-corrected chi connectivity index (χ0v) is 11.3. The van der Waals surface area contributed by atoms with E-state index < -0.39 is 17.8 Å². The maximum atomic E-state index is 12.6. The number of carbonyl (C=O) groups excluding carboxylic acids is 1. The number of nitrogens with two attached hydrogens (primary N) is 1. The molecule has 20 heavy (non-hydrogen) atoms. The molecule has 1 aromatic rings. The smallest absolute Gasteiger partial charge is 0.383 e. The van der Waals surface area contributed by atoms with Gasteiger partial charge >= 0.3 is 6.18 Å². The van der Waals surface area contributed by atoms with Gasteiger partial charge in [0.15, 0.2) is 0 Å². The van der Waals surface area contributed by atoms with Crippen molar-refractivity contribution in [2.24, 2.45) is 5.73 Å². The van der Waals surface area contributed by atoms with Crippen molar-refractivity contribution in [1.82, 2.24) is 4.90 Å². The van der Waals surface area contributed by atoms with Crippen molar-refractivity contribution in [2.45, 2.75) is 18.8 Å². The van der Waals surface area contributed by atoms with Crippen LogP contribution in [0.1, 0.15) is 11.1 Å². The highest BCUT2D eigenvalue weighted by molar-refractivity contribution is 5.81. The number of benzene rings is 1. The molecule has 1 rings (SSSR count). The van der Waals surface area contributed by atoms with Crippen molar-refractivity contribution in [3.63, 3.8) is 0 Å². The summed E-state index contributed by atoms with van der Waals surface area (Å²) in [5.41, 5.74) is 5.24. The van der Waals surface area contributed by atoms with Gasteiger partial charge in [-0.25, -0.2) is 0 Å². The van der Waals surface area contributed by atoms with Crippen LogP contribution in [0.2, 0.25) is 0 Å². The van der Waals surface area contributed by atoms with Gasteiger partial charge in [-0.3, -0.25) is 4.79 Å². The van der Waals surface area contributed by atoms with E-state index in [1.165, 1.54) is 31.2 Å². The first kappa shape index (κ1) is 16.5. The minimum atomic E-state index is -4.40. The number of nitrogens with zero attached hydrogens (tertiary/aromatic N) is 1. The summed E-state index contributed by atoms with van der Waals surface area (Å²) in [5, 5.41) is 0. The van der Waals surface area contributed by atoms with E-state index in [1.54, 1.807) is 0 Å². The van der Waals surface area contributed by atoms with Gasteiger partial charge in [-0.2, -0.15) is 13.2 Å². The number of hydrogen-bond acceptors (Lipinski definition) is 3. The highest BCUT2D eigenvalue weighted by atomic mass is 19.4. The van der Waals surface area contributed by atoms with Crippen LogP contribution in [-0.4, -0.2) is 37.6 Å². The average molecular weight is 290 g/mol. The van der Waals surface area contributed by atoms with E-state index in [-0.39, 0.29) is 19.1 Å². The number of methoxy groups -OCH3 is 1. The van der Waals surface area contributed by atoms with Gasteiger partial charge in [0.1, 0.15) is 6.04 Å². The first-order valence-electron chi connectivity index (χ1n) is 5.91. The molecule has 0 saturated carbocycles. The minimum absolute atomic E-state index is 0.0557. The van der Waals surface area contributed by atoms with Crippen molar-refractivity contribution in [3.8, 4) is 0 Å². The SMILES string of the molecule is COCC(N)C(=O)N(C)Cc1cccc(C(F)(F)F)c1. The van der Waals surface area contributed by atoms with E-state index in [9.17, 15) is 18.0 Å². The van der Waals surface area contributed by atoms with Crippen LogP contribution in [0.25, 0.3) is 0 Å². The van der Waals surface area contributed by atoms with Crippen LogP contribution in [0.4, 0.5) is 13.2 Å². The number of amides is 1. The molecule has 1 amide bonds. The molecule has 0 heterocycles. The van der Waals surface area contributed by atoms with Gasteiger partial charge in [0.05, 0.1) is 12.2 Å². The van der Waals surface area contributed by atoms with E-state index >= 15 is 0 Å². The molecule has 0 fully saturated rings. The van der Waals surface area contributed by atoms with Crippen LogP contribution >= 0.6 is 0 Å². The zero-order valence-electron chi connectivity index (χ0n) is 11.3. The van der Waals surface area contributed by atoms with Crippen molar-refractivity contribution in [2.75, 3.05) is 20.8 Å². The Morgan fingerprint density at radius 2 is 2.10 bits per heavy atom. The number of halogens is 3. The largest absolute Gasteiger partial charge is 0.416 e. The molecule has 0 bridgehead atoms. The zero-order chi connectivity index (χ0) is 15.3. The molecule has 2 N–H and O–H groups in total. The number of alkyl halides is 3. The van der Waals surface area contributed by atoms with E-state index in [0.717, 1.165) is 12.1 Å². The average Bonchev–Trinajstić information content (AvgIpc) is 2.37. The van der Waals surface area contributed by atoms with Crippen LogP contribution in [0.3, 0.4) is 0 Å². The highest BCUT2D eigenvalue weighted by Gasteiger charge is 2.30. The molecule has 0 radical (unpaired) electrons. The molecule has 0 aliphatic rings. The Kier molecular flexibility index (Phi) is 5.52. The lowest BCUT2D eigenvalue weighted by atomic mass is 10.1. The minimum Gasteiger partial charge on any atom is -0.383 e. The standard InChI is InChI=1S/C13H17F3N2O2/c1-18(12(19)11(17)8-20-2)7-9-4-3-5-10(6-9)13(14,15)16/h3-6,11H,7-8,17H2,1-2H3. The monoisotopic (exact) mass is 290 g/mol. The highest BCUT2D eigenvalue weighted by Crippen LogP contribution is 2.29. The quantitative estimate of drug-likeness (QED) is 0.897. The summed E-state index contributed by atoms with van der Waals surface area (Å²) in [6.45, 7) is 0.117. The Hall–Kier alpha value is -1.60. The molecule has 1 atom stereocenters. The Morgan fingerprint density at radius 3 is 2.65 bits per heavy atom. The number of rotatable bonds is 5. The third kappa shape index (κ3) is 4.50. The first-order chi connectivity index (χ1) is 9.25. The molecule has 112 valence electrons. The van der Waals surface area contributed by atoms with Crippen LogP contribution in [0.5, 0.6) is 0 Å². The molecule has 0 saturated heterocycles. The van der Waals surface area contributed by atoms with Gasteiger partial charge in [-0.15, -0.1) is 0 Å². The number of ether oxygens (including phenoxy) is 1. The second kappa shape index (κ2) is 6.71. The normalized spacial score (nSPS) is 13.1. The molecule has 0 spiro atoms. The summed E-state index contributed by atoms with van der Waals surface area (Å²) >= 11 is 0. The molecule has 1 aromatic carbocycles. The van der Waals surface area contributed by atoms with Crippen molar-refractivity contribution >= 4 is 5.91 Å². The third-order valence-electron chi connectivity index (χ3n) is 2.71. The Bertz CT molecular complexity index is 463. The van der Waals surface area contributed by atoms with Gasteiger partial charge in [0.25, 0.3) is 0 Å². The third-order valence-corrected chi connectivity index (χ3v) is 2.71. The molecular formula is C13H17F3N2O2. The van der Waals surface area contributed by atoms with Gasteiger partial charge in [0, 0.05) is 20.7 Å². The van der Waals surface area contributed by atoms with Gasteiger partial charge < -0.3 is 15.4 Å². The van der Waals surface area contributed by atoms with Gasteiger partial charge in [0.2, 0.25) is 5.91 Å². The summed E-state index contributed by atoms with van der Waals surface area (Å²) in [7, 11) is 2.90. The van der Waals surface area contributed by atoms with Gasteiger partial charge in [-0.1, -0.05) is 12.1 Å². The van der Waals surface area contributed by atoms with E-state index in [2.05, 4.69) is 0 Å². The maximum absolute atomic E-state index is 12.6. The molecule has 1 unspecified atom stereocenters. The predicted octanol–water partition coefficient (Wildman–Crippen LogP) is 1.64. The Balaban J connectivity index is 2.76. The molecule has 0 aliphatic carbocycles. The molecule has 0 aliphatic heterocycles. The summed E-state index contributed by atoms with van der Waals surface area (Å²) in [4.78, 5) is 13.1. The molecular weight excluding hydrogens is 273 g/mol. The van der Waals surface area contributed by atoms with Crippen LogP contribution < -0.4 is 5.73 Å². The van der Waals surface area contributed by atoms with Crippen LogP contribution in [0, 0.1) is 0 Å². The van der Waals surface area contributed by atoms with E-state index in [0.29, 0.717) is 5.56 Å². The van der Waals surface area contributed by atoms with Crippen molar-refractivity contribution in [3.05, 3.63) is 35.4 Å². The molecule has 4 nitrogen and oxygen atoms in total. The van der Waals surface area contributed by atoms with Crippen LogP contribution in [-0.2, 0) is 22.3 Å². The van der Waals surface area contributed by atoms with E-state index in [1.807, 2.05) is 0 Å². The van der Waals surface area contributed by atoms with Gasteiger partial charge in [-0.05, 0) is 17.7 Å². The Morgan fingerprint density at radius 1 is 1.45 bits per heavy atom. The topological polar surface area (TPSA) is 55.6 Å². The summed E-state index contributed by atoms with van der Waals surface area (Å²) in [6, 6.07) is 4.02. The second-order valence-electron chi connectivity index (χ2n) is 4.45. The summed E-state index contributed by atoms with van der Waals surface area (Å²) in [6.07, 6.45) is -4.40. The molecule has 7 heteroatoms. The second-order valence-corrected chi connectivity index (χ2v) is 4.45. The first-order valence-corrected chi connectivity index (χ1v) is 5.91. The lowest BCUT2D eigenvalue weighted by Gasteiger charge is -2.21. The lowest BCUT2D eigenvalue weighted by Crippen LogP contribution is -2.44. The predicted molar refractivity (Wildman–Crippen MR) is 67.8 cm³/mol. The molecule has 0 aromatic heterocycles. The summed E-state index contributed by atoms with van der Waals surface area (Å²) < 4.78 is 42.5. The fourth-order valence-corrected chi connectivity index (χ4v) is 1.73. The van der Waals surface area contributed by atoms with Crippen molar-refractivity contribution < 1.29 is 22.7 Å². The number of likely N-dealkylation sites (N-methyl/N-ethyl adjacent to an activating group) is 1. The number of hydrogen-bond donors (Lipinski definition) is 1.